The van der Waals surface area contributed by atoms with Gasteiger partial charge in [0, 0.05) is 36.3 Å². The van der Waals surface area contributed by atoms with Crippen molar-refractivity contribution in [1.29, 1.82) is 5.41 Å². The SMILES string of the molecule is COc1cc(OCc2ccc(C(=O)OC(C)=O)cc2)c(C(Nc2ccc(C(=N)N)cc2)C(=O)NCc2ccccc2)cc1OC. The van der Waals surface area contributed by atoms with E-state index in [0.29, 0.717) is 46.2 Å². The Kier molecular flexibility index (Phi) is 10.7. The molecule has 4 aromatic carbocycles. The molecular weight excluding hydrogens is 576 g/mol. The third kappa shape index (κ3) is 8.60. The third-order valence-electron chi connectivity index (χ3n) is 6.73. The number of hydrogen-bond acceptors (Lipinski definition) is 9. The van der Waals surface area contributed by atoms with Gasteiger partial charge >= 0.3 is 11.9 Å². The summed E-state index contributed by atoms with van der Waals surface area (Å²) in [6.07, 6.45) is 0. The van der Waals surface area contributed by atoms with Gasteiger partial charge in [-0.2, -0.15) is 0 Å². The van der Waals surface area contributed by atoms with Crippen molar-refractivity contribution >= 4 is 29.4 Å². The fourth-order valence-electron chi connectivity index (χ4n) is 4.40. The van der Waals surface area contributed by atoms with Gasteiger partial charge in [0.15, 0.2) is 11.5 Å². The summed E-state index contributed by atoms with van der Waals surface area (Å²) in [7, 11) is 3.00. The number of anilines is 1. The number of amides is 1. The van der Waals surface area contributed by atoms with Gasteiger partial charge in [-0.1, -0.05) is 42.5 Å². The molecule has 4 aromatic rings. The van der Waals surface area contributed by atoms with Crippen molar-refractivity contribution in [1.82, 2.24) is 5.32 Å². The molecule has 232 valence electrons. The first kappa shape index (κ1) is 32.1. The lowest BCUT2D eigenvalue weighted by Crippen LogP contribution is -2.33. The van der Waals surface area contributed by atoms with Gasteiger partial charge in [0.25, 0.3) is 0 Å². The Bertz CT molecular complexity index is 1660. The van der Waals surface area contributed by atoms with Crippen LogP contribution < -0.4 is 30.6 Å². The Morgan fingerprint density at radius 3 is 2.02 bits per heavy atom. The molecule has 5 N–H and O–H groups in total. The van der Waals surface area contributed by atoms with Crippen LogP contribution in [0.25, 0.3) is 0 Å². The first-order valence-electron chi connectivity index (χ1n) is 13.9. The van der Waals surface area contributed by atoms with E-state index in [1.54, 1.807) is 48.5 Å². The van der Waals surface area contributed by atoms with Gasteiger partial charge in [-0.3, -0.25) is 15.0 Å². The highest BCUT2D eigenvalue weighted by molar-refractivity contribution is 5.96. The molecule has 1 atom stereocenters. The monoisotopic (exact) mass is 610 g/mol. The lowest BCUT2D eigenvalue weighted by atomic mass is 10.0. The summed E-state index contributed by atoms with van der Waals surface area (Å²) in [5, 5.41) is 14.0. The van der Waals surface area contributed by atoms with Gasteiger partial charge in [0.2, 0.25) is 5.91 Å². The highest BCUT2D eigenvalue weighted by Gasteiger charge is 2.27. The number of esters is 2. The number of rotatable bonds is 13. The van der Waals surface area contributed by atoms with Crippen molar-refractivity contribution in [2.24, 2.45) is 5.73 Å². The molecule has 1 unspecified atom stereocenters. The van der Waals surface area contributed by atoms with Crippen molar-refractivity contribution in [2.45, 2.75) is 26.1 Å². The molecule has 0 heterocycles. The van der Waals surface area contributed by atoms with Crippen molar-refractivity contribution in [3.05, 3.63) is 119 Å². The molecule has 0 radical (unpaired) electrons. The zero-order valence-electron chi connectivity index (χ0n) is 25.1. The molecule has 0 aliphatic rings. The van der Waals surface area contributed by atoms with Crippen LogP contribution >= 0.6 is 0 Å². The van der Waals surface area contributed by atoms with Crippen molar-refractivity contribution in [2.75, 3.05) is 19.5 Å². The Hall–Kier alpha value is -5.84. The van der Waals surface area contributed by atoms with Crippen molar-refractivity contribution in [3.63, 3.8) is 0 Å². The molecule has 4 rings (SSSR count). The molecule has 0 aromatic heterocycles. The van der Waals surface area contributed by atoms with Crippen LogP contribution in [0.2, 0.25) is 0 Å². The fraction of sp³-hybridized carbons (Fsp3) is 0.176. The lowest BCUT2D eigenvalue weighted by molar-refractivity contribution is -0.135. The summed E-state index contributed by atoms with van der Waals surface area (Å²) in [6, 6.07) is 25.2. The lowest BCUT2D eigenvalue weighted by Gasteiger charge is -2.24. The molecule has 0 aliphatic carbocycles. The number of nitrogen functional groups attached to an aromatic ring is 1. The average Bonchev–Trinajstić information content (AvgIpc) is 3.05. The van der Waals surface area contributed by atoms with Gasteiger partial charge in [-0.05, 0) is 53.6 Å². The van der Waals surface area contributed by atoms with E-state index in [4.69, 9.17) is 25.4 Å². The summed E-state index contributed by atoms with van der Waals surface area (Å²) < 4.78 is 22.0. The van der Waals surface area contributed by atoms with Crippen LogP contribution in [0.3, 0.4) is 0 Å². The fourth-order valence-corrected chi connectivity index (χ4v) is 4.40. The third-order valence-corrected chi connectivity index (χ3v) is 6.73. The Labute approximate surface area is 260 Å². The molecule has 0 aliphatic heterocycles. The number of nitrogens with two attached hydrogens (primary N) is 1. The standard InChI is InChI=1S/C34H34N4O7/c1-21(39)45-34(41)25-11-9-23(10-12-25)20-44-28-18-30(43-3)29(42-2)17-27(28)31(33(40)37-19-22-7-5-4-6-8-22)38-26-15-13-24(14-16-26)32(35)36/h4-18,31,38H,19-20H2,1-3H3,(H3,35,36)(H,37,40). The van der Waals surface area contributed by atoms with E-state index >= 15 is 0 Å². The van der Waals surface area contributed by atoms with Gasteiger partial charge in [0.05, 0.1) is 19.8 Å². The second kappa shape index (κ2) is 15.1. The van der Waals surface area contributed by atoms with Crippen LogP contribution in [0.15, 0.2) is 91.0 Å². The Balaban J connectivity index is 1.67. The van der Waals surface area contributed by atoms with Crippen LogP contribution in [0, 0.1) is 5.41 Å². The van der Waals surface area contributed by atoms with E-state index in [1.165, 1.54) is 26.4 Å². The van der Waals surface area contributed by atoms with E-state index in [1.807, 2.05) is 30.3 Å². The first-order chi connectivity index (χ1) is 21.7. The Morgan fingerprint density at radius 1 is 0.800 bits per heavy atom. The van der Waals surface area contributed by atoms with E-state index in [-0.39, 0.29) is 23.9 Å². The summed E-state index contributed by atoms with van der Waals surface area (Å²) in [6.45, 7) is 1.53. The van der Waals surface area contributed by atoms with Crippen LogP contribution in [0.4, 0.5) is 5.69 Å². The van der Waals surface area contributed by atoms with Gasteiger partial charge in [-0.15, -0.1) is 0 Å². The second-order valence-electron chi connectivity index (χ2n) is 9.88. The topological polar surface area (TPSA) is 162 Å². The van der Waals surface area contributed by atoms with Crippen molar-refractivity contribution < 1.29 is 33.3 Å². The molecular formula is C34H34N4O7. The van der Waals surface area contributed by atoms with E-state index in [9.17, 15) is 14.4 Å². The van der Waals surface area contributed by atoms with Gasteiger partial charge < -0.3 is 35.3 Å². The molecule has 0 saturated heterocycles. The first-order valence-corrected chi connectivity index (χ1v) is 13.9. The average molecular weight is 611 g/mol. The maximum Gasteiger partial charge on any atom is 0.345 e. The number of nitrogens with one attached hydrogen (secondary N) is 3. The highest BCUT2D eigenvalue weighted by Crippen LogP contribution is 2.39. The van der Waals surface area contributed by atoms with Crippen LogP contribution in [0.5, 0.6) is 17.2 Å². The zero-order chi connectivity index (χ0) is 32.3. The number of ether oxygens (including phenoxy) is 4. The van der Waals surface area contributed by atoms with Crippen LogP contribution in [-0.4, -0.2) is 37.9 Å². The normalized spacial score (nSPS) is 11.1. The minimum atomic E-state index is -0.949. The number of benzene rings is 4. The number of amidine groups is 1. The second-order valence-corrected chi connectivity index (χ2v) is 9.88. The largest absolute Gasteiger partial charge is 0.493 e. The smallest absolute Gasteiger partial charge is 0.345 e. The molecule has 0 fully saturated rings. The molecule has 11 nitrogen and oxygen atoms in total. The molecule has 45 heavy (non-hydrogen) atoms. The van der Waals surface area contributed by atoms with Gasteiger partial charge in [-0.25, -0.2) is 4.79 Å². The predicted molar refractivity (Wildman–Crippen MR) is 169 cm³/mol. The quantitative estimate of drug-likeness (QED) is 0.0725. The highest BCUT2D eigenvalue weighted by atomic mass is 16.6. The molecule has 0 bridgehead atoms. The van der Waals surface area contributed by atoms with Gasteiger partial charge in [0.1, 0.15) is 24.2 Å². The van der Waals surface area contributed by atoms with E-state index in [0.717, 1.165) is 12.5 Å². The van der Waals surface area contributed by atoms with Crippen LogP contribution in [-0.2, 0) is 27.5 Å². The number of methoxy groups -OCH3 is 2. The minimum Gasteiger partial charge on any atom is -0.493 e. The van der Waals surface area contributed by atoms with Crippen LogP contribution in [0.1, 0.15) is 45.6 Å². The molecule has 11 heteroatoms. The maximum atomic E-state index is 13.8. The minimum absolute atomic E-state index is 0.0712. The van der Waals surface area contributed by atoms with E-state index in [2.05, 4.69) is 15.4 Å². The summed E-state index contributed by atoms with van der Waals surface area (Å²) in [5.41, 5.74) is 9.10. The zero-order valence-corrected chi connectivity index (χ0v) is 25.1. The summed E-state index contributed by atoms with van der Waals surface area (Å²) in [5.74, 6) is -0.711. The number of hydrogen-bond donors (Lipinski definition) is 4. The number of carbonyl (C=O) groups is 3. The molecule has 0 saturated carbocycles. The number of carbonyl (C=O) groups excluding carboxylic acids is 3. The molecule has 0 spiro atoms. The summed E-state index contributed by atoms with van der Waals surface area (Å²) >= 11 is 0. The Morgan fingerprint density at radius 2 is 1.42 bits per heavy atom. The predicted octanol–water partition coefficient (Wildman–Crippen LogP) is 4.74. The van der Waals surface area contributed by atoms with Crippen molar-refractivity contribution in [3.8, 4) is 17.2 Å². The maximum absolute atomic E-state index is 13.8. The molecule has 1 amide bonds. The summed E-state index contributed by atoms with van der Waals surface area (Å²) in [4.78, 5) is 37.0. The van der Waals surface area contributed by atoms with E-state index < -0.39 is 18.0 Å².